The first-order valence-electron chi connectivity index (χ1n) is 12.5. The van der Waals surface area contributed by atoms with E-state index < -0.39 is 17.3 Å². The van der Waals surface area contributed by atoms with E-state index in [0.29, 0.717) is 19.5 Å². The Hall–Kier alpha value is -2.65. The highest BCUT2D eigenvalue weighted by Gasteiger charge is 2.34. The Morgan fingerprint density at radius 3 is 2.44 bits per heavy atom. The summed E-state index contributed by atoms with van der Waals surface area (Å²) in [5.74, 6) is 0. The maximum atomic E-state index is 13.0. The minimum atomic E-state index is -4.37. The van der Waals surface area contributed by atoms with Gasteiger partial charge in [0.05, 0.1) is 11.6 Å². The molecule has 3 heterocycles. The van der Waals surface area contributed by atoms with Gasteiger partial charge in [-0.15, -0.1) is 0 Å². The van der Waals surface area contributed by atoms with Crippen molar-refractivity contribution in [2.45, 2.75) is 58.0 Å². The van der Waals surface area contributed by atoms with E-state index in [9.17, 15) is 18.0 Å². The second-order valence-corrected chi connectivity index (χ2v) is 10.7. The molecule has 1 saturated heterocycles. The average Bonchev–Trinajstić information content (AvgIpc) is 2.81. The molecule has 1 aromatic carbocycles. The lowest BCUT2D eigenvalue weighted by atomic mass is 10.0. The Morgan fingerprint density at radius 1 is 1.03 bits per heavy atom. The molecule has 2 aliphatic rings. The number of halogens is 3. The summed E-state index contributed by atoms with van der Waals surface area (Å²) >= 11 is 0. The second-order valence-electron chi connectivity index (χ2n) is 10.7. The van der Waals surface area contributed by atoms with Gasteiger partial charge in [-0.3, -0.25) is 14.8 Å². The minimum absolute atomic E-state index is 0.184. The molecule has 2 aromatic rings. The van der Waals surface area contributed by atoms with E-state index in [1.54, 1.807) is 4.90 Å². The quantitative estimate of drug-likeness (QED) is 0.595. The smallest absolute Gasteiger partial charge is 0.416 e. The summed E-state index contributed by atoms with van der Waals surface area (Å²) < 4.78 is 44.6. The topological polar surface area (TPSA) is 48.9 Å². The molecular weight excluding hydrogens is 469 g/mol. The van der Waals surface area contributed by atoms with Gasteiger partial charge in [-0.2, -0.15) is 13.2 Å². The van der Waals surface area contributed by atoms with Crippen molar-refractivity contribution < 1.29 is 22.7 Å². The van der Waals surface area contributed by atoms with Crippen LogP contribution in [0.1, 0.15) is 43.2 Å². The van der Waals surface area contributed by atoms with Crippen LogP contribution in [0.5, 0.6) is 0 Å². The first kappa shape index (κ1) is 26.4. The molecule has 9 heteroatoms. The Kier molecular flexibility index (Phi) is 7.90. The molecule has 36 heavy (non-hydrogen) atoms. The van der Waals surface area contributed by atoms with Crippen molar-refractivity contribution in [3.8, 4) is 0 Å². The van der Waals surface area contributed by atoms with Crippen LogP contribution in [0.2, 0.25) is 0 Å². The van der Waals surface area contributed by atoms with Crippen molar-refractivity contribution in [1.29, 1.82) is 0 Å². The molecule has 0 N–H and O–H groups in total. The van der Waals surface area contributed by atoms with Crippen molar-refractivity contribution in [1.82, 2.24) is 19.7 Å². The number of nitrogens with zero attached hydrogens (tertiary/aromatic N) is 4. The van der Waals surface area contributed by atoms with E-state index in [4.69, 9.17) is 4.74 Å². The van der Waals surface area contributed by atoms with Gasteiger partial charge in [-0.1, -0.05) is 18.2 Å². The number of rotatable bonds is 5. The first-order chi connectivity index (χ1) is 17.0. The predicted octanol–water partition coefficient (Wildman–Crippen LogP) is 4.62. The molecule has 0 aliphatic carbocycles. The van der Waals surface area contributed by atoms with Crippen LogP contribution in [0.4, 0.5) is 18.0 Å². The first-order valence-corrected chi connectivity index (χ1v) is 12.5. The molecule has 2 aliphatic heterocycles. The average molecular weight is 505 g/mol. The number of pyridine rings is 1. The van der Waals surface area contributed by atoms with Gasteiger partial charge < -0.3 is 9.64 Å². The number of fused-ring (bicyclic) bond motifs is 1. The molecule has 0 unspecified atom stereocenters. The van der Waals surface area contributed by atoms with Crippen molar-refractivity contribution >= 4 is 6.09 Å². The van der Waals surface area contributed by atoms with Crippen LogP contribution in [-0.4, -0.2) is 76.7 Å². The number of carbonyl (C=O) groups is 1. The van der Waals surface area contributed by atoms with Crippen LogP contribution in [0.25, 0.3) is 0 Å². The molecule has 1 atom stereocenters. The lowest BCUT2D eigenvalue weighted by Crippen LogP contribution is -2.57. The number of aromatic nitrogens is 1. The van der Waals surface area contributed by atoms with Crippen molar-refractivity contribution in [2.24, 2.45) is 0 Å². The summed E-state index contributed by atoms with van der Waals surface area (Å²) in [6.07, 6.45) is -1.49. The molecule has 6 nitrogen and oxygen atoms in total. The van der Waals surface area contributed by atoms with Crippen molar-refractivity contribution in [3.05, 3.63) is 65.0 Å². The summed E-state index contributed by atoms with van der Waals surface area (Å²) in [7, 11) is 0. The molecule has 4 rings (SSSR count). The molecule has 1 aromatic heterocycles. The fourth-order valence-corrected chi connectivity index (χ4v) is 4.86. The summed E-state index contributed by atoms with van der Waals surface area (Å²) in [6, 6.07) is 9.16. The Labute approximate surface area is 211 Å². The van der Waals surface area contributed by atoms with Gasteiger partial charge in [-0.25, -0.2) is 4.79 Å². The second kappa shape index (κ2) is 10.8. The van der Waals surface area contributed by atoms with E-state index in [-0.39, 0.29) is 12.1 Å². The van der Waals surface area contributed by atoms with Gasteiger partial charge in [0, 0.05) is 64.1 Å². The Balaban J connectivity index is 1.40. The number of carbonyl (C=O) groups excluding carboxylic acids is 1. The highest BCUT2D eigenvalue weighted by molar-refractivity contribution is 5.68. The van der Waals surface area contributed by atoms with Gasteiger partial charge in [0.1, 0.15) is 5.60 Å². The van der Waals surface area contributed by atoms with Crippen LogP contribution in [-0.2, 0) is 30.3 Å². The number of benzene rings is 1. The van der Waals surface area contributed by atoms with Gasteiger partial charge in [0.25, 0.3) is 0 Å². The lowest BCUT2D eigenvalue weighted by molar-refractivity contribution is -0.137. The normalized spacial score (nSPS) is 19.7. The number of ether oxygens (including phenoxy) is 1. The molecule has 1 amide bonds. The predicted molar refractivity (Wildman–Crippen MR) is 132 cm³/mol. The molecule has 0 saturated carbocycles. The zero-order valence-corrected chi connectivity index (χ0v) is 21.2. The Bertz CT molecular complexity index is 1040. The molecule has 1 fully saturated rings. The van der Waals surface area contributed by atoms with Crippen LogP contribution >= 0.6 is 0 Å². The van der Waals surface area contributed by atoms with Crippen LogP contribution in [0.3, 0.4) is 0 Å². The van der Waals surface area contributed by atoms with Crippen LogP contribution in [0, 0.1) is 0 Å². The summed E-state index contributed by atoms with van der Waals surface area (Å²) in [5, 5.41) is 0. The van der Waals surface area contributed by atoms with Gasteiger partial charge in [-0.05, 0) is 56.5 Å². The zero-order valence-electron chi connectivity index (χ0n) is 21.2. The minimum Gasteiger partial charge on any atom is -0.444 e. The van der Waals surface area contributed by atoms with Crippen LogP contribution < -0.4 is 0 Å². The largest absolute Gasteiger partial charge is 0.444 e. The molecule has 0 spiro atoms. The third-order valence-electron chi connectivity index (χ3n) is 6.72. The highest BCUT2D eigenvalue weighted by atomic mass is 19.4. The molecular formula is C27H35F3N4O2. The van der Waals surface area contributed by atoms with Crippen molar-refractivity contribution in [3.63, 3.8) is 0 Å². The highest BCUT2D eigenvalue weighted by Crippen LogP contribution is 2.29. The number of hydrogen-bond donors (Lipinski definition) is 0. The van der Waals surface area contributed by atoms with Crippen molar-refractivity contribution in [2.75, 3.05) is 39.3 Å². The lowest BCUT2D eigenvalue weighted by Gasteiger charge is -2.42. The number of piperazine rings is 1. The number of hydrogen-bond acceptors (Lipinski definition) is 5. The third-order valence-corrected chi connectivity index (χ3v) is 6.72. The van der Waals surface area contributed by atoms with Gasteiger partial charge in [0.2, 0.25) is 0 Å². The molecule has 0 radical (unpaired) electrons. The van der Waals surface area contributed by atoms with Crippen LogP contribution in [0.15, 0.2) is 42.6 Å². The third kappa shape index (κ3) is 6.97. The fourth-order valence-electron chi connectivity index (χ4n) is 4.86. The van der Waals surface area contributed by atoms with E-state index >= 15 is 0 Å². The molecule has 0 bridgehead atoms. The standard InChI is InChI=1S/C27H35F3N4O2/c1-26(2,3)36-25(35)34-16-15-33(14-13-32-12-10-24-21(18-32)5-4-11-31-24)19-23(34)17-20-6-8-22(9-7-20)27(28,29)30/h4-9,11,23H,10,12-19H2,1-3H3/t23-/m1/s1. The van der Waals surface area contributed by atoms with E-state index in [1.807, 2.05) is 33.0 Å². The van der Waals surface area contributed by atoms with E-state index in [0.717, 1.165) is 56.8 Å². The SMILES string of the molecule is CC(C)(C)OC(=O)N1CCN(CCN2CCc3ncccc3C2)C[C@H]1Cc1ccc(C(F)(F)F)cc1. The zero-order chi connectivity index (χ0) is 25.9. The van der Waals surface area contributed by atoms with Gasteiger partial charge >= 0.3 is 12.3 Å². The van der Waals surface area contributed by atoms with E-state index in [1.165, 1.54) is 23.4 Å². The number of alkyl halides is 3. The summed E-state index contributed by atoms with van der Waals surface area (Å²) in [4.78, 5) is 23.9. The maximum absolute atomic E-state index is 13.0. The summed E-state index contributed by atoms with van der Waals surface area (Å²) in [6.45, 7) is 11.0. The number of amides is 1. The summed E-state index contributed by atoms with van der Waals surface area (Å²) in [5.41, 5.74) is 1.93. The maximum Gasteiger partial charge on any atom is 0.416 e. The van der Waals surface area contributed by atoms with Gasteiger partial charge in [0.15, 0.2) is 0 Å². The monoisotopic (exact) mass is 504 g/mol. The van der Waals surface area contributed by atoms with E-state index in [2.05, 4.69) is 20.9 Å². The fraction of sp³-hybridized carbons (Fsp3) is 0.556. The molecule has 196 valence electrons. The Morgan fingerprint density at radius 2 is 1.75 bits per heavy atom.